The van der Waals surface area contributed by atoms with Gasteiger partial charge in [0.1, 0.15) is 4.88 Å². The highest BCUT2D eigenvalue weighted by Gasteiger charge is 2.19. The van der Waals surface area contributed by atoms with Gasteiger partial charge in [0.25, 0.3) is 5.91 Å². The molecule has 1 unspecified atom stereocenters. The molecule has 2 rings (SSSR count). The van der Waals surface area contributed by atoms with Crippen molar-refractivity contribution in [2.45, 2.75) is 25.8 Å². The zero-order valence-corrected chi connectivity index (χ0v) is 13.7. The molecule has 2 aromatic rings. The van der Waals surface area contributed by atoms with Crippen molar-refractivity contribution in [3.05, 3.63) is 28.1 Å². The van der Waals surface area contributed by atoms with Crippen molar-refractivity contribution in [2.75, 3.05) is 19.5 Å². The molecule has 6 heteroatoms. The lowest BCUT2D eigenvalue weighted by Crippen LogP contribution is -2.37. The van der Waals surface area contributed by atoms with Gasteiger partial charge in [-0.2, -0.15) is 0 Å². The van der Waals surface area contributed by atoms with Gasteiger partial charge >= 0.3 is 0 Å². The van der Waals surface area contributed by atoms with Gasteiger partial charge in [0.05, 0.1) is 18.3 Å². The maximum absolute atomic E-state index is 12.4. The minimum absolute atomic E-state index is 0.000648. The lowest BCUT2D eigenvalue weighted by atomic mass is 10.1. The second-order valence-electron chi connectivity index (χ2n) is 4.90. The number of carbonyl (C=O) groups is 1. The van der Waals surface area contributed by atoms with E-state index in [2.05, 4.69) is 12.2 Å². The summed E-state index contributed by atoms with van der Waals surface area (Å²) in [6.07, 6.45) is 1.85. The number of amides is 1. The van der Waals surface area contributed by atoms with E-state index in [1.54, 1.807) is 19.2 Å². The van der Waals surface area contributed by atoms with E-state index in [4.69, 9.17) is 22.1 Å². The average molecular weight is 327 g/mol. The van der Waals surface area contributed by atoms with Crippen LogP contribution in [0.5, 0.6) is 0 Å². The standard InChI is InChI=1S/C15H19ClN2O2S/c1-3-4-10(8-20-2)18-15(19)14-13(17)11-7-9(16)5-6-12(11)21-14/h5-7,10H,3-4,8,17H2,1-2H3,(H,18,19). The maximum Gasteiger partial charge on any atom is 0.263 e. The van der Waals surface area contributed by atoms with Crippen LogP contribution in [0, 0.1) is 0 Å². The first-order valence-electron chi connectivity index (χ1n) is 6.84. The van der Waals surface area contributed by atoms with Gasteiger partial charge in [-0.1, -0.05) is 24.9 Å². The van der Waals surface area contributed by atoms with Crippen molar-refractivity contribution in [3.63, 3.8) is 0 Å². The summed E-state index contributed by atoms with van der Waals surface area (Å²) in [6.45, 7) is 2.57. The molecule has 0 saturated heterocycles. The van der Waals surface area contributed by atoms with Gasteiger partial charge in [-0.25, -0.2) is 0 Å². The van der Waals surface area contributed by atoms with E-state index in [0.717, 1.165) is 22.9 Å². The fraction of sp³-hybridized carbons (Fsp3) is 0.400. The van der Waals surface area contributed by atoms with E-state index in [-0.39, 0.29) is 11.9 Å². The molecule has 0 bridgehead atoms. The minimum Gasteiger partial charge on any atom is -0.397 e. The van der Waals surface area contributed by atoms with Gasteiger partial charge < -0.3 is 15.8 Å². The Labute approximate surface area is 133 Å². The fourth-order valence-electron chi connectivity index (χ4n) is 2.26. The topological polar surface area (TPSA) is 64.3 Å². The molecule has 0 fully saturated rings. The van der Waals surface area contributed by atoms with Gasteiger partial charge in [0, 0.05) is 22.2 Å². The Kier molecular flexibility index (Phi) is 5.45. The molecule has 4 nitrogen and oxygen atoms in total. The molecule has 114 valence electrons. The molecule has 1 amide bonds. The Morgan fingerprint density at radius 3 is 2.95 bits per heavy atom. The molecule has 0 aliphatic heterocycles. The molecule has 1 heterocycles. The SMILES string of the molecule is CCCC(COC)NC(=O)c1sc2ccc(Cl)cc2c1N. The molecule has 3 N–H and O–H groups in total. The summed E-state index contributed by atoms with van der Waals surface area (Å²) in [7, 11) is 1.63. The predicted octanol–water partition coefficient (Wildman–Crippen LogP) is 3.68. The number of hydrogen-bond donors (Lipinski definition) is 2. The van der Waals surface area contributed by atoms with Crippen LogP contribution in [0.3, 0.4) is 0 Å². The van der Waals surface area contributed by atoms with Crippen molar-refractivity contribution in [2.24, 2.45) is 0 Å². The maximum atomic E-state index is 12.4. The number of nitrogen functional groups attached to an aromatic ring is 1. The highest BCUT2D eigenvalue weighted by Crippen LogP contribution is 2.35. The van der Waals surface area contributed by atoms with E-state index in [9.17, 15) is 4.79 Å². The molecule has 1 aromatic heterocycles. The number of rotatable bonds is 6. The van der Waals surface area contributed by atoms with E-state index in [1.165, 1.54) is 11.3 Å². The number of benzene rings is 1. The van der Waals surface area contributed by atoms with Crippen molar-refractivity contribution in [3.8, 4) is 0 Å². The first-order valence-corrected chi connectivity index (χ1v) is 8.03. The highest BCUT2D eigenvalue weighted by atomic mass is 35.5. The predicted molar refractivity (Wildman–Crippen MR) is 89.3 cm³/mol. The second kappa shape index (κ2) is 7.11. The molecule has 0 aliphatic carbocycles. The van der Waals surface area contributed by atoms with Crippen molar-refractivity contribution < 1.29 is 9.53 Å². The van der Waals surface area contributed by atoms with Crippen LogP contribution in [0.4, 0.5) is 5.69 Å². The van der Waals surface area contributed by atoms with Crippen LogP contribution in [-0.4, -0.2) is 25.7 Å². The number of anilines is 1. The number of nitrogens with two attached hydrogens (primary N) is 1. The Morgan fingerprint density at radius 2 is 2.29 bits per heavy atom. The van der Waals surface area contributed by atoms with Crippen LogP contribution in [0.25, 0.3) is 10.1 Å². The lowest BCUT2D eigenvalue weighted by Gasteiger charge is -2.16. The number of halogens is 1. The van der Waals surface area contributed by atoms with Crippen LogP contribution in [0.2, 0.25) is 5.02 Å². The average Bonchev–Trinajstić information content (AvgIpc) is 2.77. The van der Waals surface area contributed by atoms with E-state index in [0.29, 0.717) is 22.2 Å². The Balaban J connectivity index is 2.24. The smallest absolute Gasteiger partial charge is 0.263 e. The Hall–Kier alpha value is -1.30. The highest BCUT2D eigenvalue weighted by molar-refractivity contribution is 7.21. The summed E-state index contributed by atoms with van der Waals surface area (Å²) in [6, 6.07) is 5.47. The summed E-state index contributed by atoms with van der Waals surface area (Å²) in [5.41, 5.74) is 6.58. The van der Waals surface area contributed by atoms with Crippen molar-refractivity contribution >= 4 is 44.6 Å². The molecule has 21 heavy (non-hydrogen) atoms. The number of methoxy groups -OCH3 is 1. The number of nitrogens with one attached hydrogen (secondary N) is 1. The van der Waals surface area contributed by atoms with Crippen LogP contribution in [0.1, 0.15) is 29.4 Å². The van der Waals surface area contributed by atoms with Crippen LogP contribution in [-0.2, 0) is 4.74 Å². The van der Waals surface area contributed by atoms with E-state index in [1.807, 2.05) is 6.07 Å². The third-order valence-electron chi connectivity index (χ3n) is 3.23. The number of thiophene rings is 1. The quantitative estimate of drug-likeness (QED) is 0.851. The molecule has 0 spiro atoms. The van der Waals surface area contributed by atoms with Gasteiger partial charge in [-0.15, -0.1) is 11.3 Å². The van der Waals surface area contributed by atoms with Gasteiger partial charge in [-0.3, -0.25) is 4.79 Å². The third kappa shape index (κ3) is 3.67. The first-order chi connectivity index (χ1) is 10.1. The summed E-state index contributed by atoms with van der Waals surface area (Å²) in [4.78, 5) is 12.9. The summed E-state index contributed by atoms with van der Waals surface area (Å²) in [5, 5.41) is 4.43. The summed E-state index contributed by atoms with van der Waals surface area (Å²) >= 11 is 7.36. The molecular formula is C15H19ClN2O2S. The van der Waals surface area contributed by atoms with Crippen molar-refractivity contribution in [1.82, 2.24) is 5.32 Å². The largest absolute Gasteiger partial charge is 0.397 e. The molecular weight excluding hydrogens is 308 g/mol. The normalized spacial score (nSPS) is 12.5. The van der Waals surface area contributed by atoms with Crippen LogP contribution < -0.4 is 11.1 Å². The van der Waals surface area contributed by atoms with Crippen LogP contribution >= 0.6 is 22.9 Å². The first kappa shape index (κ1) is 16.1. The summed E-state index contributed by atoms with van der Waals surface area (Å²) in [5.74, 6) is -0.152. The number of fused-ring (bicyclic) bond motifs is 1. The molecule has 0 saturated carbocycles. The second-order valence-corrected chi connectivity index (χ2v) is 6.39. The summed E-state index contributed by atoms with van der Waals surface area (Å²) < 4.78 is 6.10. The molecule has 1 aromatic carbocycles. The number of carbonyl (C=O) groups excluding carboxylic acids is 1. The van der Waals surface area contributed by atoms with E-state index < -0.39 is 0 Å². The zero-order valence-electron chi connectivity index (χ0n) is 12.1. The Bertz CT molecular complexity index is 636. The fourth-order valence-corrected chi connectivity index (χ4v) is 3.43. The third-order valence-corrected chi connectivity index (χ3v) is 4.66. The van der Waals surface area contributed by atoms with Crippen molar-refractivity contribution in [1.29, 1.82) is 0 Å². The van der Waals surface area contributed by atoms with Gasteiger partial charge in [-0.05, 0) is 24.6 Å². The monoisotopic (exact) mass is 326 g/mol. The number of ether oxygens (including phenoxy) is 1. The van der Waals surface area contributed by atoms with Crippen LogP contribution in [0.15, 0.2) is 18.2 Å². The van der Waals surface area contributed by atoms with Gasteiger partial charge in [0.2, 0.25) is 0 Å². The zero-order chi connectivity index (χ0) is 15.4. The molecule has 1 atom stereocenters. The number of hydrogen-bond acceptors (Lipinski definition) is 4. The molecule has 0 aliphatic rings. The molecule has 0 radical (unpaired) electrons. The van der Waals surface area contributed by atoms with E-state index >= 15 is 0 Å². The van der Waals surface area contributed by atoms with Gasteiger partial charge in [0.15, 0.2) is 0 Å². The minimum atomic E-state index is -0.152. The lowest BCUT2D eigenvalue weighted by molar-refractivity contribution is 0.0896. The Morgan fingerprint density at radius 1 is 1.52 bits per heavy atom.